The van der Waals surface area contributed by atoms with Crippen molar-refractivity contribution in [3.63, 3.8) is 0 Å². The second-order valence-electron chi connectivity index (χ2n) is 7.70. The van der Waals surface area contributed by atoms with Crippen molar-refractivity contribution >= 4 is 28.9 Å². The Morgan fingerprint density at radius 1 is 1.14 bits per heavy atom. The number of rotatable bonds is 5. The molecule has 6 heteroatoms. The molecule has 3 aromatic rings. The number of methoxy groups -OCH3 is 1. The predicted octanol–water partition coefficient (Wildman–Crippen LogP) is 4.13. The lowest BCUT2D eigenvalue weighted by Crippen LogP contribution is -2.39. The van der Waals surface area contributed by atoms with Crippen LogP contribution in [0.25, 0.3) is 23.1 Å². The number of nitrogens with two attached hydrogens (primary N) is 1. The van der Waals surface area contributed by atoms with E-state index in [1.165, 1.54) is 0 Å². The molecule has 0 spiro atoms. The third-order valence-corrected chi connectivity index (χ3v) is 5.54. The monoisotopic (exact) mass is 389 g/mol. The van der Waals surface area contributed by atoms with Gasteiger partial charge in [0.25, 0.3) is 0 Å². The van der Waals surface area contributed by atoms with Gasteiger partial charge in [0.2, 0.25) is 0 Å². The van der Waals surface area contributed by atoms with Crippen LogP contribution in [-0.2, 0) is 0 Å². The summed E-state index contributed by atoms with van der Waals surface area (Å²) in [6, 6.07) is 12.3. The normalized spacial score (nSPS) is 22.1. The van der Waals surface area contributed by atoms with E-state index >= 15 is 0 Å². The van der Waals surface area contributed by atoms with Crippen LogP contribution in [0.15, 0.2) is 42.6 Å². The number of anilines is 1. The minimum absolute atomic E-state index is 0.294. The molecule has 3 unspecified atom stereocenters. The van der Waals surface area contributed by atoms with Crippen LogP contribution in [0.4, 0.5) is 5.82 Å². The molecule has 1 aliphatic carbocycles. The zero-order valence-electron chi connectivity index (χ0n) is 16.9. The first-order valence-electron chi connectivity index (χ1n) is 10.1. The van der Waals surface area contributed by atoms with Crippen molar-refractivity contribution in [2.24, 2.45) is 11.7 Å². The third kappa shape index (κ3) is 4.54. The highest BCUT2D eigenvalue weighted by Gasteiger charge is 2.26. The summed E-state index contributed by atoms with van der Waals surface area (Å²) in [4.78, 5) is 13.9. The quantitative estimate of drug-likeness (QED) is 0.682. The number of nitrogens with zero attached hydrogens (tertiary/aromatic N) is 3. The molecule has 3 atom stereocenters. The van der Waals surface area contributed by atoms with Gasteiger partial charge in [0.05, 0.1) is 18.3 Å². The smallest absolute Gasteiger partial charge is 0.155 e. The Labute approximate surface area is 171 Å². The molecule has 0 saturated heterocycles. The summed E-state index contributed by atoms with van der Waals surface area (Å²) in [6.45, 7) is 2.25. The van der Waals surface area contributed by atoms with Crippen molar-refractivity contribution in [3.8, 4) is 5.75 Å². The van der Waals surface area contributed by atoms with E-state index in [0.717, 1.165) is 47.4 Å². The van der Waals surface area contributed by atoms with Gasteiger partial charge in [-0.1, -0.05) is 13.0 Å². The largest absolute Gasteiger partial charge is 0.497 e. The van der Waals surface area contributed by atoms with Gasteiger partial charge in [0.15, 0.2) is 5.82 Å². The van der Waals surface area contributed by atoms with Crippen LogP contribution in [0.3, 0.4) is 0 Å². The van der Waals surface area contributed by atoms with Gasteiger partial charge in [0, 0.05) is 23.7 Å². The van der Waals surface area contributed by atoms with E-state index < -0.39 is 0 Å². The first-order valence-corrected chi connectivity index (χ1v) is 10.1. The second kappa shape index (κ2) is 8.57. The van der Waals surface area contributed by atoms with Crippen LogP contribution >= 0.6 is 0 Å². The van der Waals surface area contributed by atoms with Crippen molar-refractivity contribution in [3.05, 3.63) is 54.1 Å². The van der Waals surface area contributed by atoms with Gasteiger partial charge in [-0.25, -0.2) is 9.97 Å². The molecule has 150 valence electrons. The molecule has 4 rings (SSSR count). The second-order valence-corrected chi connectivity index (χ2v) is 7.70. The molecule has 2 heterocycles. The number of pyridine rings is 1. The van der Waals surface area contributed by atoms with Crippen molar-refractivity contribution in [1.29, 1.82) is 0 Å². The van der Waals surface area contributed by atoms with Gasteiger partial charge in [-0.2, -0.15) is 0 Å². The number of nitrogens with one attached hydrogen (secondary N) is 1. The fraction of sp³-hybridized carbons (Fsp3) is 0.348. The lowest BCUT2D eigenvalue weighted by atomic mass is 9.83. The summed E-state index contributed by atoms with van der Waals surface area (Å²) >= 11 is 0. The number of hydrogen-bond acceptors (Lipinski definition) is 6. The van der Waals surface area contributed by atoms with Crippen molar-refractivity contribution in [1.82, 2.24) is 15.0 Å². The SMILES string of the molecule is COc1ccc2nc(/C=C/c3ccccn3)nc(NC3CCC(N)CC3C)c2c1. The number of benzene rings is 1. The standard InChI is InChI=1S/C23H27N5O/c1-15-13-16(24)6-9-20(15)27-23-19-14-18(29-2)8-10-21(19)26-22(28-23)11-7-17-5-3-4-12-25-17/h3-5,7-8,10-12,14-16,20H,6,9,13,24H2,1-2H3,(H,26,27,28)/b11-7+. The molecule has 0 aliphatic heterocycles. The van der Waals surface area contributed by atoms with E-state index in [4.69, 9.17) is 20.4 Å². The molecule has 29 heavy (non-hydrogen) atoms. The molecule has 0 amide bonds. The van der Waals surface area contributed by atoms with Gasteiger partial charge in [0.1, 0.15) is 11.6 Å². The Balaban J connectivity index is 1.70. The van der Waals surface area contributed by atoms with Crippen LogP contribution in [-0.4, -0.2) is 34.1 Å². The Kier molecular flexibility index (Phi) is 5.71. The molecule has 3 N–H and O–H groups in total. The summed E-state index contributed by atoms with van der Waals surface area (Å²) in [5, 5.41) is 4.63. The summed E-state index contributed by atoms with van der Waals surface area (Å²) in [7, 11) is 1.67. The third-order valence-electron chi connectivity index (χ3n) is 5.54. The number of fused-ring (bicyclic) bond motifs is 1. The fourth-order valence-electron chi connectivity index (χ4n) is 3.90. The fourth-order valence-corrected chi connectivity index (χ4v) is 3.90. The number of ether oxygens (including phenoxy) is 1. The number of hydrogen-bond donors (Lipinski definition) is 2. The van der Waals surface area contributed by atoms with E-state index in [1.54, 1.807) is 13.3 Å². The minimum atomic E-state index is 0.294. The topological polar surface area (TPSA) is 86.0 Å². The maximum absolute atomic E-state index is 6.14. The van der Waals surface area contributed by atoms with Crippen molar-refractivity contribution in [2.45, 2.75) is 38.3 Å². The van der Waals surface area contributed by atoms with E-state index in [-0.39, 0.29) is 0 Å². The minimum Gasteiger partial charge on any atom is -0.497 e. The predicted molar refractivity (Wildman–Crippen MR) is 118 cm³/mol. The first kappa shape index (κ1) is 19.3. The summed E-state index contributed by atoms with van der Waals surface area (Å²) < 4.78 is 5.42. The first-order chi connectivity index (χ1) is 14.1. The molecule has 0 radical (unpaired) electrons. The molecule has 2 aromatic heterocycles. The van der Waals surface area contributed by atoms with E-state index in [2.05, 4.69) is 17.2 Å². The molecule has 1 aromatic carbocycles. The van der Waals surface area contributed by atoms with Gasteiger partial charge in [-0.15, -0.1) is 0 Å². The van der Waals surface area contributed by atoms with Crippen LogP contribution in [0.2, 0.25) is 0 Å². The highest BCUT2D eigenvalue weighted by Crippen LogP contribution is 2.30. The van der Waals surface area contributed by atoms with E-state index in [9.17, 15) is 0 Å². The molecule has 1 fully saturated rings. The zero-order valence-corrected chi connectivity index (χ0v) is 16.9. The lowest BCUT2D eigenvalue weighted by molar-refractivity contribution is 0.314. The number of aromatic nitrogens is 3. The summed E-state index contributed by atoms with van der Waals surface area (Å²) in [5.41, 5.74) is 7.89. The van der Waals surface area contributed by atoms with E-state index in [0.29, 0.717) is 23.8 Å². The lowest BCUT2D eigenvalue weighted by Gasteiger charge is -2.33. The zero-order chi connectivity index (χ0) is 20.2. The molecule has 1 aliphatic rings. The average molecular weight is 390 g/mol. The van der Waals surface area contributed by atoms with E-state index in [1.807, 2.05) is 48.6 Å². The van der Waals surface area contributed by atoms with Crippen LogP contribution in [0.5, 0.6) is 5.75 Å². The highest BCUT2D eigenvalue weighted by molar-refractivity contribution is 5.91. The van der Waals surface area contributed by atoms with Crippen molar-refractivity contribution in [2.75, 3.05) is 12.4 Å². The van der Waals surface area contributed by atoms with Crippen LogP contribution in [0.1, 0.15) is 37.7 Å². The maximum atomic E-state index is 6.14. The molecule has 1 saturated carbocycles. The Bertz CT molecular complexity index is 1000. The van der Waals surface area contributed by atoms with Gasteiger partial charge >= 0.3 is 0 Å². The molecule has 6 nitrogen and oxygen atoms in total. The average Bonchev–Trinajstić information content (AvgIpc) is 2.74. The molecular weight excluding hydrogens is 362 g/mol. The molecular formula is C23H27N5O. The van der Waals surface area contributed by atoms with Crippen molar-refractivity contribution < 1.29 is 4.74 Å². The maximum Gasteiger partial charge on any atom is 0.155 e. The van der Waals surface area contributed by atoms with Crippen LogP contribution < -0.4 is 15.8 Å². The summed E-state index contributed by atoms with van der Waals surface area (Å²) in [6.07, 6.45) is 8.69. The highest BCUT2D eigenvalue weighted by atomic mass is 16.5. The van der Waals surface area contributed by atoms with Crippen LogP contribution in [0, 0.1) is 5.92 Å². The van der Waals surface area contributed by atoms with Gasteiger partial charge in [-0.3, -0.25) is 4.98 Å². The van der Waals surface area contributed by atoms with Gasteiger partial charge in [-0.05, 0) is 67.7 Å². The Morgan fingerprint density at radius 2 is 2.03 bits per heavy atom. The Morgan fingerprint density at radius 3 is 2.79 bits per heavy atom. The molecule has 0 bridgehead atoms. The summed E-state index contributed by atoms with van der Waals surface area (Å²) in [5.74, 6) is 2.76. The Hall–Kier alpha value is -2.99. The van der Waals surface area contributed by atoms with Gasteiger partial charge < -0.3 is 15.8 Å².